The highest BCUT2D eigenvalue weighted by Crippen LogP contribution is 2.32. The van der Waals surface area contributed by atoms with E-state index in [2.05, 4.69) is 0 Å². The molecule has 0 atom stereocenters. The van der Waals surface area contributed by atoms with Gasteiger partial charge in [-0.3, -0.25) is 0 Å². The van der Waals surface area contributed by atoms with Crippen molar-refractivity contribution < 1.29 is 19.1 Å². The molecule has 2 aromatic rings. The fraction of sp³-hybridized carbons (Fsp3) is 0.312. The summed E-state index contributed by atoms with van der Waals surface area (Å²) in [5, 5.41) is 9.70. The predicted octanol–water partition coefficient (Wildman–Crippen LogP) is 4.64. The van der Waals surface area contributed by atoms with Gasteiger partial charge in [-0.2, -0.15) is 0 Å². The van der Waals surface area contributed by atoms with E-state index in [1.807, 2.05) is 32.9 Å². The van der Waals surface area contributed by atoms with Crippen molar-refractivity contribution in [1.82, 2.24) is 0 Å². The number of furan rings is 1. The van der Waals surface area contributed by atoms with Crippen molar-refractivity contribution >= 4 is 17.6 Å². The molecule has 0 saturated carbocycles. The summed E-state index contributed by atoms with van der Waals surface area (Å²) in [5.74, 6) is -0.229. The molecule has 1 aromatic carbocycles. The minimum atomic E-state index is -1.10. The van der Waals surface area contributed by atoms with Gasteiger partial charge in [0.15, 0.2) is 0 Å². The lowest BCUT2D eigenvalue weighted by Crippen LogP contribution is -2.04. The van der Waals surface area contributed by atoms with Crippen LogP contribution in [-0.4, -0.2) is 11.1 Å². The van der Waals surface area contributed by atoms with Crippen LogP contribution in [0.25, 0.3) is 0 Å². The van der Waals surface area contributed by atoms with Gasteiger partial charge in [0, 0.05) is 10.6 Å². The largest absolute Gasteiger partial charge is 0.488 e. The lowest BCUT2D eigenvalue weighted by atomic mass is 10.0. The van der Waals surface area contributed by atoms with E-state index in [9.17, 15) is 4.79 Å². The molecule has 0 fully saturated rings. The molecule has 21 heavy (non-hydrogen) atoms. The zero-order valence-corrected chi connectivity index (χ0v) is 12.9. The van der Waals surface area contributed by atoms with Gasteiger partial charge in [0.25, 0.3) is 0 Å². The summed E-state index contributed by atoms with van der Waals surface area (Å²) in [4.78, 5) is 11.0. The van der Waals surface area contributed by atoms with E-state index in [-0.39, 0.29) is 18.3 Å². The lowest BCUT2D eigenvalue weighted by molar-refractivity contribution is 0.0658. The van der Waals surface area contributed by atoms with Crippen molar-refractivity contribution in [3.05, 3.63) is 51.9 Å². The number of halogens is 1. The Morgan fingerprint density at radius 2 is 2.14 bits per heavy atom. The fourth-order valence-corrected chi connectivity index (χ4v) is 2.21. The van der Waals surface area contributed by atoms with Gasteiger partial charge in [0.05, 0.1) is 6.26 Å². The number of carboxylic acids is 1. The van der Waals surface area contributed by atoms with Crippen LogP contribution < -0.4 is 4.74 Å². The first-order valence-corrected chi connectivity index (χ1v) is 7.00. The summed E-state index contributed by atoms with van der Waals surface area (Å²) in [6.45, 7) is 6.14. The Bertz CT molecular complexity index is 658. The molecular formula is C16H17ClO4. The molecular weight excluding hydrogens is 292 g/mol. The highest BCUT2D eigenvalue weighted by molar-refractivity contribution is 6.31. The van der Waals surface area contributed by atoms with Crippen LogP contribution in [0.3, 0.4) is 0 Å². The third kappa shape index (κ3) is 3.39. The second kappa shape index (κ2) is 6.22. The van der Waals surface area contributed by atoms with Crippen LogP contribution >= 0.6 is 11.6 Å². The van der Waals surface area contributed by atoms with Crippen molar-refractivity contribution in [2.75, 3.05) is 0 Å². The average Bonchev–Trinajstić information content (AvgIpc) is 2.88. The molecule has 0 unspecified atom stereocenters. The molecule has 0 bridgehead atoms. The minimum absolute atomic E-state index is 0.0909. The Morgan fingerprint density at radius 1 is 1.43 bits per heavy atom. The van der Waals surface area contributed by atoms with Crippen LogP contribution in [0.15, 0.2) is 28.9 Å². The maximum absolute atomic E-state index is 11.0. The summed E-state index contributed by atoms with van der Waals surface area (Å²) in [6, 6.07) is 5.36. The van der Waals surface area contributed by atoms with Crippen LogP contribution in [0, 0.1) is 6.92 Å². The van der Waals surface area contributed by atoms with E-state index >= 15 is 0 Å². The van der Waals surface area contributed by atoms with Gasteiger partial charge >= 0.3 is 5.97 Å². The van der Waals surface area contributed by atoms with E-state index in [1.165, 1.54) is 6.26 Å². The second-order valence-corrected chi connectivity index (χ2v) is 5.57. The van der Waals surface area contributed by atoms with Crippen molar-refractivity contribution in [3.8, 4) is 5.75 Å². The third-order valence-electron chi connectivity index (χ3n) is 3.24. The number of hydrogen-bond donors (Lipinski definition) is 1. The van der Waals surface area contributed by atoms with E-state index in [1.54, 1.807) is 6.07 Å². The van der Waals surface area contributed by atoms with Gasteiger partial charge in [-0.1, -0.05) is 25.4 Å². The summed E-state index contributed by atoms with van der Waals surface area (Å²) in [7, 11) is 0. The van der Waals surface area contributed by atoms with Gasteiger partial charge in [-0.15, -0.1) is 0 Å². The molecule has 0 aliphatic heterocycles. The molecule has 0 aliphatic carbocycles. The standard InChI is InChI=1S/C16H17ClO4/c1-9(2)12-7-13(17)10(3)6-14(12)21-8-11-4-5-20-15(11)16(18)19/h4-7,9H,8H2,1-3H3,(H,18,19). The number of carbonyl (C=O) groups is 1. The van der Waals surface area contributed by atoms with Crippen LogP contribution in [0.1, 0.15) is 47.0 Å². The zero-order chi connectivity index (χ0) is 15.6. The normalized spacial score (nSPS) is 10.9. The first-order valence-electron chi connectivity index (χ1n) is 6.62. The Hall–Kier alpha value is -1.94. The molecule has 4 nitrogen and oxygen atoms in total. The molecule has 0 radical (unpaired) electrons. The molecule has 0 saturated heterocycles. The molecule has 0 spiro atoms. The van der Waals surface area contributed by atoms with Crippen molar-refractivity contribution in [3.63, 3.8) is 0 Å². The van der Waals surface area contributed by atoms with E-state index in [4.69, 9.17) is 25.9 Å². The van der Waals surface area contributed by atoms with E-state index in [0.717, 1.165) is 11.1 Å². The summed E-state index contributed by atoms with van der Waals surface area (Å²) in [6.07, 6.45) is 1.35. The molecule has 1 heterocycles. The Kier molecular flexibility index (Phi) is 4.58. The van der Waals surface area contributed by atoms with Crippen molar-refractivity contribution in [1.29, 1.82) is 0 Å². The lowest BCUT2D eigenvalue weighted by Gasteiger charge is -2.15. The molecule has 1 aromatic heterocycles. The smallest absolute Gasteiger partial charge is 0.372 e. The molecule has 0 amide bonds. The maximum Gasteiger partial charge on any atom is 0.372 e. The fourth-order valence-electron chi connectivity index (χ4n) is 2.04. The molecule has 0 aliphatic rings. The van der Waals surface area contributed by atoms with Gasteiger partial charge in [0.1, 0.15) is 12.4 Å². The number of carboxylic acid groups (broad SMARTS) is 1. The highest BCUT2D eigenvalue weighted by atomic mass is 35.5. The van der Waals surface area contributed by atoms with Crippen LogP contribution in [0.2, 0.25) is 5.02 Å². The van der Waals surface area contributed by atoms with Gasteiger partial charge in [0.2, 0.25) is 5.76 Å². The quantitative estimate of drug-likeness (QED) is 0.874. The van der Waals surface area contributed by atoms with Crippen molar-refractivity contribution in [2.45, 2.75) is 33.3 Å². The Morgan fingerprint density at radius 3 is 2.76 bits per heavy atom. The van der Waals surface area contributed by atoms with Crippen molar-refractivity contribution in [2.24, 2.45) is 0 Å². The SMILES string of the molecule is Cc1cc(OCc2ccoc2C(=O)O)c(C(C)C)cc1Cl. The Labute approximate surface area is 128 Å². The number of ether oxygens (including phenoxy) is 1. The van der Waals surface area contributed by atoms with E-state index in [0.29, 0.717) is 16.3 Å². The minimum Gasteiger partial charge on any atom is -0.488 e. The number of aryl methyl sites for hydroxylation is 1. The predicted molar refractivity (Wildman–Crippen MR) is 80.3 cm³/mol. The second-order valence-electron chi connectivity index (χ2n) is 5.16. The van der Waals surface area contributed by atoms with Gasteiger partial charge < -0.3 is 14.3 Å². The Balaban J connectivity index is 2.25. The van der Waals surface area contributed by atoms with Crippen LogP contribution in [0.4, 0.5) is 0 Å². The molecule has 2 rings (SSSR count). The number of benzene rings is 1. The summed E-state index contributed by atoms with van der Waals surface area (Å²) >= 11 is 6.15. The number of rotatable bonds is 5. The maximum atomic E-state index is 11.0. The number of aromatic carboxylic acids is 1. The zero-order valence-electron chi connectivity index (χ0n) is 12.1. The van der Waals surface area contributed by atoms with Gasteiger partial charge in [-0.05, 0) is 42.2 Å². The summed E-state index contributed by atoms with van der Waals surface area (Å²) in [5.41, 5.74) is 2.41. The first kappa shape index (κ1) is 15.4. The van der Waals surface area contributed by atoms with Crippen LogP contribution in [0.5, 0.6) is 5.75 Å². The number of hydrogen-bond acceptors (Lipinski definition) is 3. The van der Waals surface area contributed by atoms with E-state index < -0.39 is 5.97 Å². The molecule has 112 valence electrons. The monoisotopic (exact) mass is 308 g/mol. The summed E-state index contributed by atoms with van der Waals surface area (Å²) < 4.78 is 10.7. The van der Waals surface area contributed by atoms with Gasteiger partial charge in [-0.25, -0.2) is 4.79 Å². The third-order valence-corrected chi connectivity index (χ3v) is 3.64. The first-order chi connectivity index (χ1) is 9.90. The molecule has 1 N–H and O–H groups in total. The van der Waals surface area contributed by atoms with Crippen LogP contribution in [-0.2, 0) is 6.61 Å². The molecule has 5 heteroatoms. The topological polar surface area (TPSA) is 59.7 Å². The highest BCUT2D eigenvalue weighted by Gasteiger charge is 2.16. The average molecular weight is 309 g/mol.